The summed E-state index contributed by atoms with van der Waals surface area (Å²) >= 11 is 5.97. The second-order valence-electron chi connectivity index (χ2n) is 6.14. The van der Waals surface area contributed by atoms with Crippen LogP contribution >= 0.6 is 11.6 Å². The number of halogens is 4. The molecule has 0 aliphatic carbocycles. The van der Waals surface area contributed by atoms with Crippen molar-refractivity contribution in [1.29, 1.82) is 0 Å². The lowest BCUT2D eigenvalue weighted by Crippen LogP contribution is -2.17. The number of alkyl halides is 3. The van der Waals surface area contributed by atoms with Gasteiger partial charge in [-0.3, -0.25) is 9.52 Å². The number of rotatable bonds is 6. The van der Waals surface area contributed by atoms with E-state index in [9.17, 15) is 26.4 Å². The molecule has 3 aromatic carbocycles. The van der Waals surface area contributed by atoms with E-state index >= 15 is 0 Å². The summed E-state index contributed by atoms with van der Waals surface area (Å²) in [6.07, 6.45) is -4.82. The normalized spacial score (nSPS) is 11.6. The molecule has 3 rings (SSSR count). The van der Waals surface area contributed by atoms with E-state index in [0.29, 0.717) is 0 Å². The Bertz CT molecular complexity index is 1200. The molecule has 31 heavy (non-hydrogen) atoms. The van der Waals surface area contributed by atoms with Crippen LogP contribution in [0, 0.1) is 0 Å². The summed E-state index contributed by atoms with van der Waals surface area (Å²) < 4.78 is 68.0. The molecule has 0 atom stereocenters. The predicted octanol–water partition coefficient (Wildman–Crippen LogP) is 5.29. The first-order valence-electron chi connectivity index (χ1n) is 8.58. The number of carbonyl (C=O) groups is 1. The summed E-state index contributed by atoms with van der Waals surface area (Å²) in [5, 5.41) is 2.68. The summed E-state index contributed by atoms with van der Waals surface area (Å²) in [6, 6.07) is 16.0. The number of anilines is 2. The molecule has 0 saturated heterocycles. The molecule has 0 spiro atoms. The first-order valence-corrected chi connectivity index (χ1v) is 10.4. The zero-order valence-electron chi connectivity index (χ0n) is 15.5. The molecule has 2 N–H and O–H groups in total. The van der Waals surface area contributed by atoms with E-state index in [2.05, 4.69) is 14.8 Å². The van der Waals surface area contributed by atoms with Crippen LogP contribution in [0.5, 0.6) is 5.75 Å². The van der Waals surface area contributed by atoms with Gasteiger partial charge in [-0.05, 0) is 54.6 Å². The minimum Gasteiger partial charge on any atom is -0.406 e. The highest BCUT2D eigenvalue weighted by molar-refractivity contribution is 7.92. The molecule has 0 aliphatic heterocycles. The van der Waals surface area contributed by atoms with Gasteiger partial charge in [-0.25, -0.2) is 8.42 Å². The Morgan fingerprint density at radius 3 is 2.26 bits per heavy atom. The molecule has 11 heteroatoms. The standard InChI is InChI=1S/C20H14ClF3N2O4S/c21-17-6-1-2-7-18(17)26-31(28,29)16-5-3-4-13(12-16)19(27)25-14-8-10-15(11-9-14)30-20(22,23)24/h1-12,26H,(H,25,27). The van der Waals surface area contributed by atoms with Crippen LogP contribution in [-0.4, -0.2) is 20.7 Å². The van der Waals surface area contributed by atoms with Crippen molar-refractivity contribution in [2.24, 2.45) is 0 Å². The number of hydrogen-bond acceptors (Lipinski definition) is 4. The fraction of sp³-hybridized carbons (Fsp3) is 0.0500. The topological polar surface area (TPSA) is 84.5 Å². The number of amides is 1. The van der Waals surface area contributed by atoms with Gasteiger partial charge in [-0.15, -0.1) is 13.2 Å². The fourth-order valence-corrected chi connectivity index (χ4v) is 3.86. The van der Waals surface area contributed by atoms with E-state index in [1.807, 2.05) is 0 Å². The first-order chi connectivity index (χ1) is 14.5. The Hall–Kier alpha value is -3.24. The monoisotopic (exact) mass is 470 g/mol. The molecular weight excluding hydrogens is 457 g/mol. The van der Waals surface area contributed by atoms with Gasteiger partial charge >= 0.3 is 6.36 Å². The highest BCUT2D eigenvalue weighted by Gasteiger charge is 2.31. The van der Waals surface area contributed by atoms with Gasteiger partial charge in [0.2, 0.25) is 0 Å². The Morgan fingerprint density at radius 2 is 1.61 bits per heavy atom. The first kappa shape index (κ1) is 22.4. The Balaban J connectivity index is 1.75. The minimum absolute atomic E-state index is 0.0256. The summed E-state index contributed by atoms with van der Waals surface area (Å²) in [6.45, 7) is 0. The number of para-hydroxylation sites is 1. The molecule has 0 saturated carbocycles. The van der Waals surface area contributed by atoms with E-state index < -0.39 is 28.0 Å². The van der Waals surface area contributed by atoms with Crippen LogP contribution in [0.2, 0.25) is 5.02 Å². The van der Waals surface area contributed by atoms with Crippen LogP contribution < -0.4 is 14.8 Å². The Morgan fingerprint density at radius 1 is 0.935 bits per heavy atom. The number of ether oxygens (including phenoxy) is 1. The highest BCUT2D eigenvalue weighted by atomic mass is 35.5. The molecule has 0 heterocycles. The van der Waals surface area contributed by atoms with Crippen molar-refractivity contribution >= 4 is 38.9 Å². The van der Waals surface area contributed by atoms with Gasteiger partial charge < -0.3 is 10.1 Å². The average molecular weight is 471 g/mol. The molecule has 3 aromatic rings. The van der Waals surface area contributed by atoms with Crippen molar-refractivity contribution in [1.82, 2.24) is 0 Å². The van der Waals surface area contributed by atoms with E-state index in [4.69, 9.17) is 11.6 Å². The molecule has 162 valence electrons. The zero-order valence-corrected chi connectivity index (χ0v) is 17.1. The van der Waals surface area contributed by atoms with Gasteiger partial charge in [0.15, 0.2) is 0 Å². The third-order valence-corrected chi connectivity index (χ3v) is 5.56. The molecule has 0 unspecified atom stereocenters. The lowest BCUT2D eigenvalue weighted by Gasteiger charge is -2.11. The molecule has 0 aromatic heterocycles. The molecule has 0 fully saturated rings. The summed E-state index contributed by atoms with van der Waals surface area (Å²) in [4.78, 5) is 12.3. The van der Waals surface area contributed by atoms with Crippen molar-refractivity contribution in [2.75, 3.05) is 10.0 Å². The van der Waals surface area contributed by atoms with Gasteiger partial charge in [0.1, 0.15) is 5.75 Å². The molecule has 1 amide bonds. The third kappa shape index (κ3) is 6.12. The van der Waals surface area contributed by atoms with Gasteiger partial charge in [-0.1, -0.05) is 29.8 Å². The van der Waals surface area contributed by atoms with Gasteiger partial charge in [0, 0.05) is 11.3 Å². The summed E-state index contributed by atoms with van der Waals surface area (Å²) in [5.41, 5.74) is 0.403. The molecule has 0 aliphatic rings. The van der Waals surface area contributed by atoms with Crippen LogP contribution in [0.3, 0.4) is 0 Å². The third-order valence-electron chi connectivity index (χ3n) is 3.87. The van der Waals surface area contributed by atoms with Gasteiger partial charge in [0.05, 0.1) is 15.6 Å². The SMILES string of the molecule is O=C(Nc1ccc(OC(F)(F)F)cc1)c1cccc(S(=O)(=O)Nc2ccccc2Cl)c1. The summed E-state index contributed by atoms with van der Waals surface area (Å²) in [5.74, 6) is -1.09. The Labute approximate surface area is 180 Å². The van der Waals surface area contributed by atoms with Crippen molar-refractivity contribution in [3.05, 3.63) is 83.4 Å². The van der Waals surface area contributed by atoms with E-state index in [-0.39, 0.29) is 26.9 Å². The summed E-state index contributed by atoms with van der Waals surface area (Å²) in [7, 11) is -4.03. The second-order valence-corrected chi connectivity index (χ2v) is 8.23. The lowest BCUT2D eigenvalue weighted by atomic mass is 10.2. The van der Waals surface area contributed by atoms with Crippen molar-refractivity contribution in [3.8, 4) is 5.75 Å². The Kier molecular flexibility index (Phi) is 6.42. The van der Waals surface area contributed by atoms with Crippen molar-refractivity contribution in [3.63, 3.8) is 0 Å². The molecule has 0 radical (unpaired) electrons. The van der Waals surface area contributed by atoms with Crippen LogP contribution in [0.25, 0.3) is 0 Å². The molecular formula is C20H14ClF3N2O4S. The maximum absolute atomic E-state index is 12.6. The van der Waals surface area contributed by atoms with Crippen LogP contribution in [0.1, 0.15) is 10.4 Å². The molecule has 6 nitrogen and oxygen atoms in total. The van der Waals surface area contributed by atoms with Crippen molar-refractivity contribution in [2.45, 2.75) is 11.3 Å². The molecule has 0 bridgehead atoms. The lowest BCUT2D eigenvalue weighted by molar-refractivity contribution is -0.274. The number of hydrogen-bond donors (Lipinski definition) is 2. The van der Waals surface area contributed by atoms with Gasteiger partial charge in [0.25, 0.3) is 15.9 Å². The quantitative estimate of drug-likeness (QED) is 0.512. The number of benzene rings is 3. The van der Waals surface area contributed by atoms with E-state index in [1.54, 1.807) is 12.1 Å². The average Bonchev–Trinajstić information content (AvgIpc) is 2.70. The predicted molar refractivity (Wildman–Crippen MR) is 110 cm³/mol. The van der Waals surface area contributed by atoms with E-state index in [1.165, 1.54) is 42.5 Å². The second kappa shape index (κ2) is 8.86. The number of sulfonamides is 1. The largest absolute Gasteiger partial charge is 0.573 e. The fourth-order valence-electron chi connectivity index (χ4n) is 2.50. The number of carbonyl (C=O) groups excluding carboxylic acids is 1. The zero-order chi connectivity index (χ0) is 22.6. The maximum Gasteiger partial charge on any atom is 0.573 e. The van der Waals surface area contributed by atoms with Crippen LogP contribution in [0.15, 0.2) is 77.7 Å². The smallest absolute Gasteiger partial charge is 0.406 e. The van der Waals surface area contributed by atoms with Crippen LogP contribution in [0.4, 0.5) is 24.5 Å². The number of nitrogens with one attached hydrogen (secondary N) is 2. The van der Waals surface area contributed by atoms with Crippen molar-refractivity contribution < 1.29 is 31.1 Å². The maximum atomic E-state index is 12.6. The highest BCUT2D eigenvalue weighted by Crippen LogP contribution is 2.26. The van der Waals surface area contributed by atoms with Gasteiger partial charge in [-0.2, -0.15) is 0 Å². The van der Waals surface area contributed by atoms with Crippen LogP contribution in [-0.2, 0) is 10.0 Å². The minimum atomic E-state index is -4.82. The van der Waals surface area contributed by atoms with E-state index in [0.717, 1.165) is 18.2 Å².